The molecule has 0 fully saturated rings. The average Bonchev–Trinajstić information content (AvgIpc) is 2.15. The number of nitrogens with zero attached hydrogens (tertiary/aromatic N) is 1. The van der Waals surface area contributed by atoms with Gasteiger partial charge in [0.25, 0.3) is 5.56 Å². The molecule has 1 aromatic heterocycles. The number of H-pyrrole nitrogens is 1. The molecule has 4 heteroatoms. The minimum atomic E-state index is -0.336. The highest BCUT2D eigenvalue weighted by Gasteiger charge is 2.08. The van der Waals surface area contributed by atoms with E-state index in [1.54, 1.807) is 10.8 Å². The number of aromatic amines is 1. The van der Waals surface area contributed by atoms with Crippen LogP contribution in [0.15, 0.2) is 21.9 Å². The van der Waals surface area contributed by atoms with Gasteiger partial charge in [-0.15, -0.1) is 0 Å². The monoisotopic (exact) mass is 196 g/mol. The fourth-order valence-electron chi connectivity index (χ4n) is 1.59. The lowest BCUT2D eigenvalue weighted by atomic mass is 10.1. The summed E-state index contributed by atoms with van der Waals surface area (Å²) >= 11 is 0. The maximum atomic E-state index is 11.4. The summed E-state index contributed by atoms with van der Waals surface area (Å²) in [5.41, 5.74) is -0.643. The molecule has 1 atom stereocenters. The van der Waals surface area contributed by atoms with Gasteiger partial charge in [0.1, 0.15) is 0 Å². The number of hydrogen-bond donors (Lipinski definition) is 1. The van der Waals surface area contributed by atoms with Crippen molar-refractivity contribution < 1.29 is 0 Å². The number of aromatic nitrogens is 2. The predicted molar refractivity (Wildman–Crippen MR) is 55.6 cm³/mol. The molecule has 78 valence electrons. The van der Waals surface area contributed by atoms with E-state index in [0.717, 1.165) is 19.3 Å². The summed E-state index contributed by atoms with van der Waals surface area (Å²) in [4.78, 5) is 24.5. The van der Waals surface area contributed by atoms with Crippen LogP contribution in [0, 0.1) is 0 Å². The van der Waals surface area contributed by atoms with Crippen LogP contribution in [0.3, 0.4) is 0 Å². The lowest BCUT2D eigenvalue weighted by Gasteiger charge is -2.16. The maximum absolute atomic E-state index is 11.4. The topological polar surface area (TPSA) is 54.9 Å². The number of rotatable bonds is 4. The second-order valence-electron chi connectivity index (χ2n) is 3.37. The van der Waals surface area contributed by atoms with E-state index >= 15 is 0 Å². The summed E-state index contributed by atoms with van der Waals surface area (Å²) in [5, 5.41) is 0. The van der Waals surface area contributed by atoms with Crippen LogP contribution in [0.25, 0.3) is 0 Å². The van der Waals surface area contributed by atoms with Crippen LogP contribution >= 0.6 is 0 Å². The summed E-state index contributed by atoms with van der Waals surface area (Å²) in [6, 6.07) is 1.59. The SMILES string of the molecule is CCCC(CC)n1ccc(=O)[nH]c1=O. The van der Waals surface area contributed by atoms with Crippen LogP contribution in [0.2, 0.25) is 0 Å². The lowest BCUT2D eigenvalue weighted by molar-refractivity contribution is 0.428. The smallest absolute Gasteiger partial charge is 0.298 e. The van der Waals surface area contributed by atoms with E-state index in [4.69, 9.17) is 0 Å². The van der Waals surface area contributed by atoms with Crippen molar-refractivity contribution in [2.75, 3.05) is 0 Å². The Morgan fingerprint density at radius 3 is 2.64 bits per heavy atom. The second-order valence-corrected chi connectivity index (χ2v) is 3.37. The standard InChI is InChI=1S/C10H16N2O2/c1-3-5-8(4-2)12-7-6-9(13)11-10(12)14/h6-8H,3-5H2,1-2H3,(H,11,13,14). The largest absolute Gasteiger partial charge is 0.328 e. The third kappa shape index (κ3) is 2.34. The van der Waals surface area contributed by atoms with Crippen molar-refractivity contribution in [3.05, 3.63) is 33.1 Å². The molecule has 0 aliphatic rings. The normalized spacial score (nSPS) is 12.7. The van der Waals surface area contributed by atoms with Crippen LogP contribution in [0.4, 0.5) is 0 Å². The Morgan fingerprint density at radius 1 is 1.43 bits per heavy atom. The zero-order valence-electron chi connectivity index (χ0n) is 8.62. The molecular weight excluding hydrogens is 180 g/mol. The van der Waals surface area contributed by atoms with Gasteiger partial charge in [0.2, 0.25) is 0 Å². The Labute approximate surface area is 82.6 Å². The molecule has 0 bridgehead atoms. The van der Waals surface area contributed by atoms with Crippen LogP contribution in [0.1, 0.15) is 39.2 Å². The van der Waals surface area contributed by atoms with E-state index in [1.807, 2.05) is 6.92 Å². The Hall–Kier alpha value is -1.32. The molecule has 0 saturated heterocycles. The summed E-state index contributed by atoms with van der Waals surface area (Å²) in [7, 11) is 0. The van der Waals surface area contributed by atoms with Crippen LogP contribution < -0.4 is 11.2 Å². The molecule has 1 unspecified atom stereocenters. The molecule has 0 radical (unpaired) electrons. The maximum Gasteiger partial charge on any atom is 0.328 e. The average molecular weight is 196 g/mol. The first-order chi connectivity index (χ1) is 6.69. The summed E-state index contributed by atoms with van der Waals surface area (Å²) < 4.78 is 1.60. The summed E-state index contributed by atoms with van der Waals surface area (Å²) in [6.07, 6.45) is 4.47. The molecule has 0 aliphatic heterocycles. The van der Waals surface area contributed by atoms with Gasteiger partial charge in [-0.25, -0.2) is 4.79 Å². The first-order valence-electron chi connectivity index (χ1n) is 5.00. The van der Waals surface area contributed by atoms with Crippen molar-refractivity contribution in [2.45, 2.75) is 39.2 Å². The Morgan fingerprint density at radius 2 is 2.14 bits per heavy atom. The molecule has 0 saturated carbocycles. The van der Waals surface area contributed by atoms with Gasteiger partial charge in [-0.1, -0.05) is 20.3 Å². The van der Waals surface area contributed by atoms with Gasteiger partial charge in [-0.2, -0.15) is 0 Å². The minimum Gasteiger partial charge on any atom is -0.298 e. The molecule has 1 heterocycles. The Bertz CT molecular complexity index is 392. The van der Waals surface area contributed by atoms with Crippen molar-refractivity contribution in [2.24, 2.45) is 0 Å². The molecule has 0 amide bonds. The van der Waals surface area contributed by atoms with Gasteiger partial charge in [-0.3, -0.25) is 14.3 Å². The first kappa shape index (κ1) is 10.8. The van der Waals surface area contributed by atoms with Crippen molar-refractivity contribution >= 4 is 0 Å². The molecule has 4 nitrogen and oxygen atoms in total. The molecule has 1 rings (SSSR count). The Balaban J connectivity index is 3.04. The number of hydrogen-bond acceptors (Lipinski definition) is 2. The molecular formula is C10H16N2O2. The molecule has 1 aromatic rings. The molecule has 0 aliphatic carbocycles. The van der Waals surface area contributed by atoms with Gasteiger partial charge in [-0.05, 0) is 12.8 Å². The van der Waals surface area contributed by atoms with Crippen molar-refractivity contribution in [3.8, 4) is 0 Å². The van der Waals surface area contributed by atoms with E-state index < -0.39 is 0 Å². The van der Waals surface area contributed by atoms with Crippen LogP contribution in [0.5, 0.6) is 0 Å². The fraction of sp³-hybridized carbons (Fsp3) is 0.600. The third-order valence-corrected chi connectivity index (χ3v) is 2.34. The predicted octanol–water partition coefficient (Wildman–Crippen LogP) is 1.29. The first-order valence-corrected chi connectivity index (χ1v) is 5.00. The van der Waals surface area contributed by atoms with Crippen molar-refractivity contribution in [1.29, 1.82) is 0 Å². The second kappa shape index (κ2) is 4.79. The molecule has 0 spiro atoms. The van der Waals surface area contributed by atoms with E-state index in [0.29, 0.717) is 0 Å². The van der Waals surface area contributed by atoms with Gasteiger partial charge >= 0.3 is 5.69 Å². The van der Waals surface area contributed by atoms with E-state index in [-0.39, 0.29) is 17.3 Å². The van der Waals surface area contributed by atoms with E-state index in [9.17, 15) is 9.59 Å². The van der Waals surface area contributed by atoms with E-state index in [2.05, 4.69) is 11.9 Å². The van der Waals surface area contributed by atoms with Gasteiger partial charge in [0.05, 0.1) is 0 Å². The minimum absolute atomic E-state index is 0.198. The Kier molecular flexibility index (Phi) is 3.68. The van der Waals surface area contributed by atoms with Gasteiger partial charge < -0.3 is 0 Å². The van der Waals surface area contributed by atoms with E-state index in [1.165, 1.54) is 6.07 Å². The van der Waals surface area contributed by atoms with Crippen molar-refractivity contribution in [3.63, 3.8) is 0 Å². The number of nitrogens with one attached hydrogen (secondary N) is 1. The highest BCUT2D eigenvalue weighted by Crippen LogP contribution is 2.14. The van der Waals surface area contributed by atoms with Gasteiger partial charge in [0, 0.05) is 18.3 Å². The summed E-state index contributed by atoms with van der Waals surface area (Å²) in [6.45, 7) is 4.12. The van der Waals surface area contributed by atoms with Crippen LogP contribution in [-0.4, -0.2) is 9.55 Å². The molecule has 14 heavy (non-hydrogen) atoms. The lowest BCUT2D eigenvalue weighted by Crippen LogP contribution is -2.31. The summed E-state index contributed by atoms with van der Waals surface area (Å²) in [5.74, 6) is 0. The third-order valence-electron chi connectivity index (χ3n) is 2.34. The molecule has 0 aromatic carbocycles. The highest BCUT2D eigenvalue weighted by atomic mass is 16.2. The quantitative estimate of drug-likeness (QED) is 0.788. The fourth-order valence-corrected chi connectivity index (χ4v) is 1.59. The zero-order chi connectivity index (χ0) is 10.6. The van der Waals surface area contributed by atoms with Gasteiger partial charge in [0.15, 0.2) is 0 Å². The van der Waals surface area contributed by atoms with Crippen LogP contribution in [-0.2, 0) is 0 Å². The zero-order valence-corrected chi connectivity index (χ0v) is 8.62. The van der Waals surface area contributed by atoms with Crippen molar-refractivity contribution in [1.82, 2.24) is 9.55 Å². The molecule has 1 N–H and O–H groups in total. The highest BCUT2D eigenvalue weighted by molar-refractivity contribution is 4.85.